The molecule has 0 aliphatic heterocycles. The van der Waals surface area contributed by atoms with Crippen molar-refractivity contribution in [2.45, 2.75) is 0 Å². The van der Waals surface area contributed by atoms with Gasteiger partial charge in [0.2, 0.25) is 0 Å². The first-order valence-electron chi connectivity index (χ1n) is 7.72. The SMILES string of the molecule is COc1ccccc1OCC(=O)c1ccc(-c2ccccc2)cc1. The van der Waals surface area contributed by atoms with E-state index in [0.29, 0.717) is 17.1 Å². The summed E-state index contributed by atoms with van der Waals surface area (Å²) < 4.78 is 10.8. The maximum absolute atomic E-state index is 12.3. The van der Waals surface area contributed by atoms with Crippen molar-refractivity contribution in [3.8, 4) is 22.6 Å². The summed E-state index contributed by atoms with van der Waals surface area (Å²) in [5, 5.41) is 0. The standard InChI is InChI=1S/C21H18O3/c1-23-20-9-5-6-10-21(20)24-15-19(22)18-13-11-17(12-14-18)16-7-3-2-4-8-16/h2-14H,15H2,1H3. The molecule has 24 heavy (non-hydrogen) atoms. The molecule has 0 aliphatic carbocycles. The average molecular weight is 318 g/mol. The van der Waals surface area contributed by atoms with Crippen LogP contribution < -0.4 is 9.47 Å². The van der Waals surface area contributed by atoms with Crippen molar-refractivity contribution in [1.82, 2.24) is 0 Å². The minimum Gasteiger partial charge on any atom is -0.493 e. The molecule has 120 valence electrons. The molecule has 0 aromatic heterocycles. The summed E-state index contributed by atoms with van der Waals surface area (Å²) in [6, 6.07) is 24.9. The largest absolute Gasteiger partial charge is 0.493 e. The minimum atomic E-state index is -0.0690. The fraction of sp³-hybridized carbons (Fsp3) is 0.0952. The predicted molar refractivity (Wildman–Crippen MR) is 94.7 cm³/mol. The van der Waals surface area contributed by atoms with Gasteiger partial charge in [0.05, 0.1) is 7.11 Å². The molecule has 0 unspecified atom stereocenters. The third-order valence-electron chi connectivity index (χ3n) is 3.74. The molecule has 3 heteroatoms. The second kappa shape index (κ2) is 7.47. The first-order chi connectivity index (χ1) is 11.8. The molecule has 3 rings (SSSR count). The van der Waals surface area contributed by atoms with Gasteiger partial charge in [-0.25, -0.2) is 0 Å². The van der Waals surface area contributed by atoms with Crippen molar-refractivity contribution in [1.29, 1.82) is 0 Å². The molecule has 3 aromatic rings. The Balaban J connectivity index is 1.67. The van der Waals surface area contributed by atoms with Crippen LogP contribution in [0.2, 0.25) is 0 Å². The summed E-state index contributed by atoms with van der Waals surface area (Å²) in [4.78, 5) is 12.3. The predicted octanol–water partition coefficient (Wildman–Crippen LogP) is 4.62. The highest BCUT2D eigenvalue weighted by molar-refractivity contribution is 5.97. The summed E-state index contributed by atoms with van der Waals surface area (Å²) in [5.41, 5.74) is 2.84. The molecule has 3 nitrogen and oxygen atoms in total. The van der Waals surface area contributed by atoms with E-state index in [2.05, 4.69) is 0 Å². The molecule has 0 amide bonds. The fourth-order valence-corrected chi connectivity index (χ4v) is 2.44. The van der Waals surface area contributed by atoms with Gasteiger partial charge in [0.1, 0.15) is 0 Å². The number of rotatable bonds is 6. The second-order valence-corrected chi connectivity index (χ2v) is 5.31. The molecule has 0 aliphatic rings. The lowest BCUT2D eigenvalue weighted by molar-refractivity contribution is 0.0919. The van der Waals surface area contributed by atoms with Gasteiger partial charge < -0.3 is 9.47 Å². The number of hydrogen-bond donors (Lipinski definition) is 0. The molecule has 0 spiro atoms. The Labute approximate surface area is 141 Å². The van der Waals surface area contributed by atoms with Crippen molar-refractivity contribution >= 4 is 5.78 Å². The summed E-state index contributed by atoms with van der Waals surface area (Å²) in [5.74, 6) is 1.11. The number of benzene rings is 3. The number of Topliss-reactive ketones (excluding diaryl/α,β-unsaturated/α-hetero) is 1. The van der Waals surface area contributed by atoms with E-state index in [1.54, 1.807) is 19.2 Å². The zero-order valence-corrected chi connectivity index (χ0v) is 13.4. The van der Waals surface area contributed by atoms with Crippen LogP contribution >= 0.6 is 0 Å². The molecule has 0 saturated heterocycles. The third kappa shape index (κ3) is 3.63. The summed E-state index contributed by atoms with van der Waals surface area (Å²) >= 11 is 0. The second-order valence-electron chi connectivity index (χ2n) is 5.31. The highest BCUT2D eigenvalue weighted by atomic mass is 16.5. The Morgan fingerprint density at radius 1 is 0.750 bits per heavy atom. The smallest absolute Gasteiger partial charge is 0.200 e. The van der Waals surface area contributed by atoms with Gasteiger partial charge >= 0.3 is 0 Å². The molecule has 0 saturated carbocycles. The van der Waals surface area contributed by atoms with E-state index in [1.165, 1.54) is 0 Å². The van der Waals surface area contributed by atoms with E-state index >= 15 is 0 Å². The Morgan fingerprint density at radius 2 is 1.33 bits per heavy atom. The molecule has 0 bridgehead atoms. The van der Waals surface area contributed by atoms with E-state index in [-0.39, 0.29) is 12.4 Å². The molecule has 0 atom stereocenters. The summed E-state index contributed by atoms with van der Waals surface area (Å²) in [6.45, 7) is -0.0228. The van der Waals surface area contributed by atoms with Crippen LogP contribution in [0.3, 0.4) is 0 Å². The van der Waals surface area contributed by atoms with Gasteiger partial charge in [0, 0.05) is 5.56 Å². The zero-order valence-electron chi connectivity index (χ0n) is 13.4. The third-order valence-corrected chi connectivity index (χ3v) is 3.74. The molecule has 0 radical (unpaired) electrons. The quantitative estimate of drug-likeness (QED) is 0.622. The Hall–Kier alpha value is -3.07. The molecular formula is C21H18O3. The molecule has 3 aromatic carbocycles. The highest BCUT2D eigenvalue weighted by Crippen LogP contribution is 2.26. The van der Waals surface area contributed by atoms with Gasteiger partial charge in [-0.2, -0.15) is 0 Å². The van der Waals surface area contributed by atoms with Crippen molar-refractivity contribution < 1.29 is 14.3 Å². The lowest BCUT2D eigenvalue weighted by Gasteiger charge is -2.10. The minimum absolute atomic E-state index is 0.0228. The van der Waals surface area contributed by atoms with Gasteiger partial charge in [-0.05, 0) is 23.3 Å². The van der Waals surface area contributed by atoms with Crippen LogP contribution in [0.4, 0.5) is 0 Å². The number of para-hydroxylation sites is 2. The van der Waals surface area contributed by atoms with Crippen LogP contribution in [0.5, 0.6) is 11.5 Å². The number of carbonyl (C=O) groups is 1. The van der Waals surface area contributed by atoms with Gasteiger partial charge in [0.25, 0.3) is 0 Å². The van der Waals surface area contributed by atoms with Gasteiger partial charge in [0.15, 0.2) is 23.9 Å². The van der Waals surface area contributed by atoms with Crippen molar-refractivity contribution in [3.05, 3.63) is 84.4 Å². The van der Waals surface area contributed by atoms with Crippen LogP contribution in [-0.2, 0) is 0 Å². The van der Waals surface area contributed by atoms with E-state index < -0.39 is 0 Å². The van der Waals surface area contributed by atoms with Gasteiger partial charge in [-0.15, -0.1) is 0 Å². The molecule has 0 heterocycles. The average Bonchev–Trinajstić information content (AvgIpc) is 2.67. The monoisotopic (exact) mass is 318 g/mol. The fourth-order valence-electron chi connectivity index (χ4n) is 2.44. The number of ether oxygens (including phenoxy) is 2. The Bertz CT molecular complexity index is 808. The summed E-state index contributed by atoms with van der Waals surface area (Å²) in [6.07, 6.45) is 0. The number of methoxy groups -OCH3 is 1. The maximum Gasteiger partial charge on any atom is 0.200 e. The van der Waals surface area contributed by atoms with Crippen molar-refractivity contribution in [2.24, 2.45) is 0 Å². The number of hydrogen-bond acceptors (Lipinski definition) is 3. The first-order valence-corrected chi connectivity index (χ1v) is 7.72. The Morgan fingerprint density at radius 3 is 2.00 bits per heavy atom. The van der Waals surface area contributed by atoms with E-state index in [4.69, 9.17) is 9.47 Å². The normalized spacial score (nSPS) is 10.2. The number of carbonyl (C=O) groups excluding carboxylic acids is 1. The van der Waals surface area contributed by atoms with E-state index in [9.17, 15) is 4.79 Å². The van der Waals surface area contributed by atoms with E-state index in [0.717, 1.165) is 11.1 Å². The maximum atomic E-state index is 12.3. The molecule has 0 fully saturated rings. The lowest BCUT2D eigenvalue weighted by Crippen LogP contribution is -2.11. The van der Waals surface area contributed by atoms with Crippen LogP contribution in [0.1, 0.15) is 10.4 Å². The van der Waals surface area contributed by atoms with Gasteiger partial charge in [-0.1, -0.05) is 66.7 Å². The summed E-state index contributed by atoms with van der Waals surface area (Å²) in [7, 11) is 1.58. The highest BCUT2D eigenvalue weighted by Gasteiger charge is 2.09. The Kier molecular flexibility index (Phi) is 4.92. The van der Waals surface area contributed by atoms with Crippen LogP contribution in [0.25, 0.3) is 11.1 Å². The van der Waals surface area contributed by atoms with Crippen LogP contribution in [0, 0.1) is 0 Å². The first kappa shape index (κ1) is 15.8. The van der Waals surface area contributed by atoms with Gasteiger partial charge in [-0.3, -0.25) is 4.79 Å². The van der Waals surface area contributed by atoms with Crippen LogP contribution in [0.15, 0.2) is 78.9 Å². The zero-order chi connectivity index (χ0) is 16.8. The number of ketones is 1. The molecular weight excluding hydrogens is 300 g/mol. The molecule has 0 N–H and O–H groups in total. The lowest BCUT2D eigenvalue weighted by atomic mass is 10.0. The van der Waals surface area contributed by atoms with Crippen molar-refractivity contribution in [3.63, 3.8) is 0 Å². The van der Waals surface area contributed by atoms with E-state index in [1.807, 2.05) is 66.7 Å². The van der Waals surface area contributed by atoms with Crippen LogP contribution in [-0.4, -0.2) is 19.5 Å². The topological polar surface area (TPSA) is 35.5 Å². The van der Waals surface area contributed by atoms with Crippen molar-refractivity contribution in [2.75, 3.05) is 13.7 Å².